The number of nitrogens with one attached hydrogen (secondary N) is 1. The molecule has 6 heteroatoms. The van der Waals surface area contributed by atoms with E-state index in [-0.39, 0.29) is 11.6 Å². The van der Waals surface area contributed by atoms with Crippen LogP contribution in [0.15, 0.2) is 34.5 Å². The van der Waals surface area contributed by atoms with E-state index in [9.17, 15) is 15.8 Å². The molecule has 114 valence electrons. The molecule has 2 aliphatic rings. The minimum atomic E-state index is -1.68. The van der Waals surface area contributed by atoms with Gasteiger partial charge in [-0.15, -0.1) is 0 Å². The summed E-state index contributed by atoms with van der Waals surface area (Å²) in [5, 5.41) is 37.4. The molecule has 1 aromatic heterocycles. The van der Waals surface area contributed by atoms with E-state index in [1.54, 1.807) is 12.1 Å². The van der Waals surface area contributed by atoms with E-state index in [4.69, 9.17) is 9.83 Å². The highest BCUT2D eigenvalue weighted by Gasteiger charge is 2.58. The zero-order chi connectivity index (χ0) is 16.6. The van der Waals surface area contributed by atoms with Crippen LogP contribution >= 0.6 is 0 Å². The second-order valence-electron chi connectivity index (χ2n) is 6.03. The quantitative estimate of drug-likeness (QED) is 0.798. The van der Waals surface area contributed by atoms with Crippen LogP contribution in [0.2, 0.25) is 0 Å². The molecule has 0 amide bonds. The van der Waals surface area contributed by atoms with Gasteiger partial charge >= 0.3 is 0 Å². The first-order chi connectivity index (χ1) is 11.1. The monoisotopic (exact) mass is 305 g/mol. The van der Waals surface area contributed by atoms with Crippen LogP contribution in [0.5, 0.6) is 0 Å². The first kappa shape index (κ1) is 15.0. The predicted molar refractivity (Wildman–Crippen MR) is 81.0 cm³/mol. The van der Waals surface area contributed by atoms with Crippen molar-refractivity contribution in [2.45, 2.75) is 5.92 Å². The molecule has 2 heterocycles. The van der Waals surface area contributed by atoms with Crippen LogP contribution in [0.3, 0.4) is 0 Å². The van der Waals surface area contributed by atoms with Gasteiger partial charge in [-0.05, 0) is 24.8 Å². The van der Waals surface area contributed by atoms with Gasteiger partial charge in [0, 0.05) is 19.0 Å². The minimum absolute atomic E-state index is 0.140. The number of fused-ring (bicyclic) bond motifs is 1. The third kappa shape index (κ3) is 1.99. The molecule has 0 radical (unpaired) electrons. The maximum Gasteiger partial charge on any atom is 0.192 e. The normalized spacial score (nSPS) is 29.6. The summed E-state index contributed by atoms with van der Waals surface area (Å²) >= 11 is 0. The highest BCUT2D eigenvalue weighted by molar-refractivity contribution is 6.00. The molecule has 1 N–H and O–H groups in total. The molecule has 1 aromatic rings. The fourth-order valence-corrected chi connectivity index (χ4v) is 3.73. The zero-order valence-electron chi connectivity index (χ0n) is 12.7. The fraction of sp³-hybridized carbons (Fsp3) is 0.412. The maximum absolute atomic E-state index is 9.75. The maximum atomic E-state index is 9.75. The summed E-state index contributed by atoms with van der Waals surface area (Å²) in [5.74, 6) is -1.09. The zero-order valence-corrected chi connectivity index (χ0v) is 12.7. The molecule has 1 aliphatic carbocycles. The average molecular weight is 305 g/mol. The fourth-order valence-electron chi connectivity index (χ4n) is 3.73. The number of likely N-dealkylation sites (N-methyl/N-ethyl adjacent to an activating group) is 1. The first-order valence-corrected chi connectivity index (χ1v) is 7.32. The van der Waals surface area contributed by atoms with E-state index < -0.39 is 17.3 Å². The van der Waals surface area contributed by atoms with Gasteiger partial charge in [0.2, 0.25) is 0 Å². The Balaban J connectivity index is 2.25. The Morgan fingerprint density at radius 2 is 2.09 bits per heavy atom. The Labute approximate surface area is 134 Å². The molecular weight excluding hydrogens is 290 g/mol. The van der Waals surface area contributed by atoms with Crippen molar-refractivity contribution in [3.8, 4) is 18.2 Å². The molecule has 0 aromatic carbocycles. The Kier molecular flexibility index (Phi) is 3.52. The second-order valence-corrected chi connectivity index (χ2v) is 6.03. The summed E-state index contributed by atoms with van der Waals surface area (Å²) in [4.78, 5) is 2.08. The molecule has 0 spiro atoms. The lowest BCUT2D eigenvalue weighted by molar-refractivity contribution is 0.217. The summed E-state index contributed by atoms with van der Waals surface area (Å²) in [6.07, 6.45) is 3.45. The van der Waals surface area contributed by atoms with Crippen molar-refractivity contribution in [2.75, 3.05) is 20.1 Å². The highest BCUT2D eigenvalue weighted by atomic mass is 16.3. The summed E-state index contributed by atoms with van der Waals surface area (Å²) in [6, 6.07) is 9.61. The number of hydrogen-bond acceptors (Lipinski definition) is 6. The summed E-state index contributed by atoms with van der Waals surface area (Å²) in [6.45, 7) is 1.31. The SMILES string of the molecule is CN1CC=C2C(C#N)C(=N)C(C#N)(C#N)[C@@H](c3ccco3)[C@H]2C1. The van der Waals surface area contributed by atoms with Crippen molar-refractivity contribution < 1.29 is 4.42 Å². The number of hydrogen-bond donors (Lipinski definition) is 1. The molecule has 1 aliphatic heterocycles. The van der Waals surface area contributed by atoms with Crippen molar-refractivity contribution in [2.24, 2.45) is 17.3 Å². The standard InChI is InChI=1S/C17H15N5O/c1-22-5-4-11-12(7-18)16(21)17(9-19,10-20)15(13(11)8-22)14-3-2-6-23-14/h2-4,6,12-13,15,21H,5,8H2,1H3/t12?,13-,15+/m0/s1. The van der Waals surface area contributed by atoms with E-state index in [1.807, 2.05) is 25.3 Å². The molecule has 0 saturated heterocycles. The van der Waals surface area contributed by atoms with Gasteiger partial charge in [-0.25, -0.2) is 0 Å². The van der Waals surface area contributed by atoms with Crippen LogP contribution in [0.4, 0.5) is 0 Å². The van der Waals surface area contributed by atoms with Crippen molar-refractivity contribution in [1.82, 2.24) is 4.90 Å². The van der Waals surface area contributed by atoms with Gasteiger partial charge in [0.1, 0.15) is 11.7 Å². The third-order valence-electron chi connectivity index (χ3n) is 4.82. The van der Waals surface area contributed by atoms with E-state index in [0.29, 0.717) is 18.8 Å². The third-order valence-corrected chi connectivity index (χ3v) is 4.82. The highest BCUT2D eigenvalue weighted by Crippen LogP contribution is 2.53. The van der Waals surface area contributed by atoms with Crippen molar-refractivity contribution in [1.29, 1.82) is 21.2 Å². The average Bonchev–Trinajstić information content (AvgIpc) is 3.08. The Bertz CT molecular complexity index is 772. The molecule has 0 bridgehead atoms. The predicted octanol–water partition coefficient (Wildman–Crippen LogP) is 2.06. The summed E-state index contributed by atoms with van der Waals surface area (Å²) < 4.78 is 5.51. The van der Waals surface area contributed by atoms with E-state index >= 15 is 0 Å². The van der Waals surface area contributed by atoms with Gasteiger partial charge in [0.15, 0.2) is 5.41 Å². The number of furan rings is 1. The Morgan fingerprint density at radius 3 is 2.65 bits per heavy atom. The van der Waals surface area contributed by atoms with Crippen LogP contribution in [-0.4, -0.2) is 30.7 Å². The van der Waals surface area contributed by atoms with Crippen molar-refractivity contribution in [3.63, 3.8) is 0 Å². The van der Waals surface area contributed by atoms with Crippen LogP contribution < -0.4 is 0 Å². The second kappa shape index (κ2) is 5.39. The molecular formula is C17H15N5O. The molecule has 1 saturated carbocycles. The molecule has 1 fully saturated rings. The minimum Gasteiger partial charge on any atom is -0.469 e. The van der Waals surface area contributed by atoms with Gasteiger partial charge in [0.05, 0.1) is 36.1 Å². The van der Waals surface area contributed by atoms with Gasteiger partial charge in [-0.1, -0.05) is 6.08 Å². The number of rotatable bonds is 1. The summed E-state index contributed by atoms with van der Waals surface area (Å²) in [7, 11) is 1.95. The van der Waals surface area contributed by atoms with Crippen LogP contribution in [0, 0.1) is 56.7 Å². The number of nitriles is 3. The smallest absolute Gasteiger partial charge is 0.192 e. The topological polar surface area (TPSA) is 112 Å². The largest absolute Gasteiger partial charge is 0.469 e. The number of nitrogens with zero attached hydrogens (tertiary/aromatic N) is 4. The Morgan fingerprint density at radius 1 is 1.35 bits per heavy atom. The lowest BCUT2D eigenvalue weighted by atomic mass is 9.55. The molecule has 1 unspecified atom stereocenters. The lowest BCUT2D eigenvalue weighted by Crippen LogP contribution is -2.52. The van der Waals surface area contributed by atoms with Crippen LogP contribution in [-0.2, 0) is 0 Å². The van der Waals surface area contributed by atoms with Crippen LogP contribution in [0.1, 0.15) is 11.7 Å². The van der Waals surface area contributed by atoms with E-state index in [0.717, 1.165) is 5.57 Å². The molecule has 3 atom stereocenters. The van der Waals surface area contributed by atoms with E-state index in [1.165, 1.54) is 6.26 Å². The van der Waals surface area contributed by atoms with Crippen molar-refractivity contribution >= 4 is 5.71 Å². The van der Waals surface area contributed by atoms with Crippen LogP contribution in [0.25, 0.3) is 0 Å². The van der Waals surface area contributed by atoms with Gasteiger partial charge < -0.3 is 14.7 Å². The van der Waals surface area contributed by atoms with E-state index in [2.05, 4.69) is 11.0 Å². The lowest BCUT2D eigenvalue weighted by Gasteiger charge is -2.46. The molecule has 3 rings (SSSR count). The van der Waals surface area contributed by atoms with Gasteiger partial charge in [0.25, 0.3) is 0 Å². The summed E-state index contributed by atoms with van der Waals surface area (Å²) in [5.41, 5.74) is -0.991. The van der Waals surface area contributed by atoms with Gasteiger partial charge in [-0.3, -0.25) is 0 Å². The molecule has 6 nitrogen and oxygen atoms in total. The van der Waals surface area contributed by atoms with Gasteiger partial charge in [-0.2, -0.15) is 15.8 Å². The van der Waals surface area contributed by atoms with Crippen molar-refractivity contribution in [3.05, 3.63) is 35.8 Å². The Hall–Kier alpha value is -2.88. The first-order valence-electron chi connectivity index (χ1n) is 7.32. The molecule has 23 heavy (non-hydrogen) atoms.